The predicted molar refractivity (Wildman–Crippen MR) is 223 cm³/mol. The number of fused-ring (bicyclic) bond motifs is 4. The molecule has 11 heteroatoms. The Morgan fingerprint density at radius 2 is 1.89 bits per heavy atom. The first-order chi connectivity index (χ1) is 26.8. The monoisotopic (exact) mass is 781 g/mol. The first-order valence-electron chi connectivity index (χ1n) is 20.3. The molecule has 2 N–H and O–H groups in total. The number of carbonyl (C=O) groups is 3. The van der Waals surface area contributed by atoms with Crippen molar-refractivity contribution in [2.45, 2.75) is 117 Å². The molecule has 0 unspecified atom stereocenters. The Labute approximate surface area is 335 Å². The molecule has 4 atom stereocenters. The van der Waals surface area contributed by atoms with Crippen LogP contribution in [0.4, 0.5) is 0 Å². The van der Waals surface area contributed by atoms with Crippen molar-refractivity contribution in [3.05, 3.63) is 70.3 Å². The van der Waals surface area contributed by atoms with E-state index in [1.54, 1.807) is 20.4 Å². The number of ether oxygens (including phenoxy) is 2. The van der Waals surface area contributed by atoms with Gasteiger partial charge in [0, 0.05) is 65.0 Å². The summed E-state index contributed by atoms with van der Waals surface area (Å²) in [5.74, 6) is -0.460. The molecule has 10 nitrogen and oxygen atoms in total. The minimum absolute atomic E-state index is 0.0962. The van der Waals surface area contributed by atoms with Gasteiger partial charge in [0.15, 0.2) is 5.78 Å². The van der Waals surface area contributed by atoms with E-state index in [1.165, 1.54) is 11.3 Å². The van der Waals surface area contributed by atoms with Gasteiger partial charge < -0.3 is 24.7 Å². The first kappa shape index (κ1) is 41.4. The lowest BCUT2D eigenvalue weighted by molar-refractivity contribution is -0.149. The Morgan fingerprint density at radius 3 is 2.61 bits per heavy atom. The molecule has 1 aromatic carbocycles. The van der Waals surface area contributed by atoms with Gasteiger partial charge in [-0.05, 0) is 101 Å². The number of methoxy groups -OCH3 is 1. The Kier molecular flexibility index (Phi) is 13.3. The number of aromatic nitrogens is 3. The molecule has 1 saturated carbocycles. The quantitative estimate of drug-likeness (QED) is 0.135. The number of nitrogens with zero attached hydrogens (tertiary/aromatic N) is 3. The third kappa shape index (κ3) is 9.00. The lowest BCUT2D eigenvalue weighted by atomic mass is 9.84. The lowest BCUT2D eigenvalue weighted by Gasteiger charge is -2.27. The molecule has 1 aliphatic carbocycles. The number of rotatable bonds is 8. The topological polar surface area (TPSA) is 124 Å². The standard InChI is InChI=1S/C45H59N5O5S/c1-9-50-38-20-19-31-22-33(38)34(41(50)32-17-13-21-47-40(32)29(4)54-8)24-45(5,6)26-55-44(53)35(46-7)18-12-14-27(2)42(51)36(23-39-48-37(31)25-56-39)49-43(52)28(3)30-15-10-11-16-30/h13,17,19-22,25,28-30,35-36,46H,2,9-12,14-16,18,23-24,26H2,1,3-8H3,(H,49,52)/t28-,29-,35-,36-/m0/s1. The number of aryl methyl sites for hydroxylation is 1. The molecule has 0 radical (unpaired) electrons. The second kappa shape index (κ2) is 17.9. The number of hydrogen-bond acceptors (Lipinski definition) is 9. The lowest BCUT2D eigenvalue weighted by Crippen LogP contribution is -2.46. The van der Waals surface area contributed by atoms with E-state index in [9.17, 15) is 14.4 Å². The molecule has 56 heavy (non-hydrogen) atoms. The van der Waals surface area contributed by atoms with Gasteiger partial charge in [-0.3, -0.25) is 19.4 Å². The zero-order valence-electron chi connectivity index (χ0n) is 34.2. The van der Waals surface area contributed by atoms with Crippen LogP contribution in [0, 0.1) is 17.3 Å². The van der Waals surface area contributed by atoms with Gasteiger partial charge in [-0.1, -0.05) is 46.3 Å². The number of benzene rings is 1. The van der Waals surface area contributed by atoms with Crippen molar-refractivity contribution in [1.29, 1.82) is 0 Å². The van der Waals surface area contributed by atoms with Gasteiger partial charge in [0.2, 0.25) is 5.91 Å². The largest absolute Gasteiger partial charge is 0.464 e. The van der Waals surface area contributed by atoms with E-state index in [0.717, 1.165) is 81.9 Å². The number of thiazole rings is 1. The summed E-state index contributed by atoms with van der Waals surface area (Å²) in [7, 11) is 3.45. The number of amides is 1. The Hall–Kier alpha value is -4.19. The summed E-state index contributed by atoms with van der Waals surface area (Å²) >= 11 is 1.50. The van der Waals surface area contributed by atoms with Crippen LogP contribution in [-0.4, -0.2) is 65.0 Å². The van der Waals surface area contributed by atoms with Gasteiger partial charge in [-0.2, -0.15) is 0 Å². The molecule has 0 saturated heterocycles. The van der Waals surface area contributed by atoms with Crippen LogP contribution >= 0.6 is 11.3 Å². The minimum Gasteiger partial charge on any atom is -0.464 e. The fraction of sp³-hybridized carbons (Fsp3) is 0.533. The summed E-state index contributed by atoms with van der Waals surface area (Å²) in [5.41, 5.74) is 6.95. The molecule has 0 spiro atoms. The summed E-state index contributed by atoms with van der Waals surface area (Å²) in [6, 6.07) is 9.24. The van der Waals surface area contributed by atoms with Crippen molar-refractivity contribution in [2.24, 2.45) is 17.3 Å². The van der Waals surface area contributed by atoms with Crippen molar-refractivity contribution >= 4 is 39.9 Å². The van der Waals surface area contributed by atoms with Crippen LogP contribution in [-0.2, 0) is 43.2 Å². The van der Waals surface area contributed by atoms with Gasteiger partial charge in [0.05, 0.1) is 40.8 Å². The summed E-state index contributed by atoms with van der Waals surface area (Å²) in [6.45, 7) is 15.5. The zero-order chi connectivity index (χ0) is 40.1. The molecular weight excluding hydrogens is 723 g/mol. The van der Waals surface area contributed by atoms with E-state index in [0.29, 0.717) is 37.2 Å². The fourth-order valence-corrected chi connectivity index (χ4v) is 9.36. The SMILES string of the molecule is C=C1CCC[C@H](NC)C(=O)OCC(C)(C)Cc2c(-c3cccnc3[C@H](C)OC)n(CC)c3ccc(cc23)-c2csc(n2)C[C@H](NC(=O)[C@@H](C)C2CCCC2)C1=O. The Morgan fingerprint density at radius 1 is 1.12 bits per heavy atom. The van der Waals surface area contributed by atoms with Gasteiger partial charge in [-0.25, -0.2) is 4.98 Å². The molecule has 4 aromatic rings. The minimum atomic E-state index is -0.783. The van der Waals surface area contributed by atoms with Gasteiger partial charge in [0.1, 0.15) is 6.04 Å². The van der Waals surface area contributed by atoms with Gasteiger partial charge >= 0.3 is 5.97 Å². The van der Waals surface area contributed by atoms with Crippen molar-refractivity contribution in [3.63, 3.8) is 0 Å². The number of ketones is 1. The van der Waals surface area contributed by atoms with E-state index in [4.69, 9.17) is 19.4 Å². The molecular formula is C45H59N5O5S. The van der Waals surface area contributed by atoms with E-state index >= 15 is 0 Å². The van der Waals surface area contributed by atoms with Crippen LogP contribution in [0.2, 0.25) is 0 Å². The first-order valence-corrected chi connectivity index (χ1v) is 21.2. The molecule has 4 bridgehead atoms. The van der Waals surface area contributed by atoms with Crippen LogP contribution in [0.15, 0.2) is 54.1 Å². The normalized spacial score (nSPS) is 21.2. The van der Waals surface area contributed by atoms with Crippen LogP contribution in [0.25, 0.3) is 33.4 Å². The number of cyclic esters (lactones) is 1. The molecule has 2 aliphatic rings. The fourth-order valence-electron chi connectivity index (χ4n) is 8.51. The number of hydrogen-bond donors (Lipinski definition) is 2. The van der Waals surface area contributed by atoms with E-state index in [1.807, 2.05) is 25.3 Å². The second-order valence-electron chi connectivity index (χ2n) is 16.5. The van der Waals surface area contributed by atoms with Crippen LogP contribution < -0.4 is 10.6 Å². The summed E-state index contributed by atoms with van der Waals surface area (Å²) < 4.78 is 14.2. The summed E-state index contributed by atoms with van der Waals surface area (Å²) in [5, 5.41) is 10.2. The molecule has 3 aromatic heterocycles. The van der Waals surface area contributed by atoms with E-state index < -0.39 is 17.5 Å². The number of Topliss-reactive ketones (excluding diaryl/α,β-unsaturated/α-hetero) is 1. The summed E-state index contributed by atoms with van der Waals surface area (Å²) in [6.07, 6.45) is 8.27. The highest BCUT2D eigenvalue weighted by Gasteiger charge is 2.33. The molecule has 1 amide bonds. The third-order valence-electron chi connectivity index (χ3n) is 11.9. The highest BCUT2D eigenvalue weighted by Crippen LogP contribution is 2.42. The molecule has 6 rings (SSSR count). The number of likely N-dealkylation sites (N-methyl/N-ethyl adjacent to an activating group) is 1. The molecule has 1 fully saturated rings. The average Bonchev–Trinajstić information content (AvgIpc) is 3.97. The maximum Gasteiger partial charge on any atom is 0.323 e. The smallest absolute Gasteiger partial charge is 0.323 e. The second-order valence-corrected chi connectivity index (χ2v) is 17.4. The van der Waals surface area contributed by atoms with Crippen LogP contribution in [0.3, 0.4) is 0 Å². The third-order valence-corrected chi connectivity index (χ3v) is 12.8. The van der Waals surface area contributed by atoms with Gasteiger partial charge in [0.25, 0.3) is 0 Å². The Bertz CT molecular complexity index is 2060. The van der Waals surface area contributed by atoms with E-state index in [-0.39, 0.29) is 42.7 Å². The zero-order valence-corrected chi connectivity index (χ0v) is 35.0. The van der Waals surface area contributed by atoms with Crippen molar-refractivity contribution < 1.29 is 23.9 Å². The van der Waals surface area contributed by atoms with Crippen LogP contribution in [0.1, 0.15) is 102 Å². The van der Waals surface area contributed by atoms with Crippen molar-refractivity contribution in [1.82, 2.24) is 25.2 Å². The number of nitrogens with one attached hydrogen (secondary N) is 2. The predicted octanol–water partition coefficient (Wildman–Crippen LogP) is 8.42. The van der Waals surface area contributed by atoms with Crippen molar-refractivity contribution in [3.8, 4) is 22.5 Å². The average molecular weight is 782 g/mol. The highest BCUT2D eigenvalue weighted by atomic mass is 32.1. The number of pyridine rings is 1. The maximum absolute atomic E-state index is 14.1. The number of carbonyl (C=O) groups excluding carboxylic acids is 3. The molecule has 300 valence electrons. The number of esters is 1. The Balaban J connectivity index is 1.46. The summed E-state index contributed by atoms with van der Waals surface area (Å²) in [4.78, 5) is 51.1. The highest BCUT2D eigenvalue weighted by molar-refractivity contribution is 7.10. The van der Waals surface area contributed by atoms with E-state index in [2.05, 4.69) is 66.8 Å². The maximum atomic E-state index is 14.1. The van der Waals surface area contributed by atoms with Crippen molar-refractivity contribution in [2.75, 3.05) is 20.8 Å². The molecule has 4 heterocycles. The molecule has 1 aliphatic heterocycles. The van der Waals surface area contributed by atoms with Crippen LogP contribution in [0.5, 0.6) is 0 Å². The van der Waals surface area contributed by atoms with Gasteiger partial charge in [-0.15, -0.1) is 11.3 Å².